The van der Waals surface area contributed by atoms with Gasteiger partial charge in [0.15, 0.2) is 0 Å². The highest BCUT2D eigenvalue weighted by Crippen LogP contribution is 2.25. The van der Waals surface area contributed by atoms with Gasteiger partial charge in [0.1, 0.15) is 12.3 Å². The predicted molar refractivity (Wildman–Crippen MR) is 118 cm³/mol. The Hall–Kier alpha value is -3.65. The Morgan fingerprint density at radius 3 is 2.65 bits per heavy atom. The molecule has 2 aromatic heterocycles. The molecule has 4 aromatic rings. The molecule has 0 aliphatic rings. The molecule has 0 aliphatic carbocycles. The molecule has 1 amide bonds. The number of amides is 1. The van der Waals surface area contributed by atoms with E-state index in [1.807, 2.05) is 32.0 Å². The minimum absolute atomic E-state index is 0.175. The number of benzene rings is 2. The minimum Gasteiger partial charge on any atom is -0.436 e. The summed E-state index contributed by atoms with van der Waals surface area (Å²) in [5.41, 5.74) is 3.15. The first-order valence-electron chi connectivity index (χ1n) is 9.57. The number of rotatable bonds is 5. The van der Waals surface area contributed by atoms with Crippen LogP contribution in [-0.4, -0.2) is 25.1 Å². The second-order valence-electron chi connectivity index (χ2n) is 7.25. The van der Waals surface area contributed by atoms with Gasteiger partial charge in [-0.1, -0.05) is 23.7 Å². The minimum atomic E-state index is -0.472. The Morgan fingerprint density at radius 2 is 1.90 bits per heavy atom. The first kappa shape index (κ1) is 20.6. The van der Waals surface area contributed by atoms with Gasteiger partial charge in [0, 0.05) is 23.1 Å². The summed E-state index contributed by atoms with van der Waals surface area (Å²) in [6, 6.07) is 11.0. The number of carbonyl (C=O) groups is 1. The first-order valence-corrected chi connectivity index (χ1v) is 9.95. The molecule has 0 aliphatic heterocycles. The zero-order chi connectivity index (χ0) is 22.1. The number of ether oxygens (including phenoxy) is 1. The molecule has 0 saturated carbocycles. The summed E-state index contributed by atoms with van der Waals surface area (Å²) in [6.45, 7) is 5.47. The van der Waals surface area contributed by atoms with Crippen molar-refractivity contribution in [3.63, 3.8) is 0 Å². The summed E-state index contributed by atoms with van der Waals surface area (Å²) >= 11 is 6.10. The van der Waals surface area contributed by atoms with Crippen LogP contribution in [0.4, 0.5) is 5.69 Å². The van der Waals surface area contributed by atoms with Crippen LogP contribution in [0.15, 0.2) is 53.6 Å². The second kappa shape index (κ2) is 8.23. The SMILES string of the molecule is Cc1cc(C)cc(Oc2nccn3c(=O)n(CC(=O)Nc4cccc(Cl)c4C)nc23)c1. The van der Waals surface area contributed by atoms with Gasteiger partial charge in [-0.25, -0.2) is 18.9 Å². The van der Waals surface area contributed by atoms with Gasteiger partial charge in [-0.05, 0) is 61.7 Å². The molecule has 0 radical (unpaired) electrons. The standard InChI is InChI=1S/C22H20ClN5O3/c1-13-9-14(2)11-16(10-13)31-21-20-26-28(22(30)27(20)8-7-24-21)12-19(29)25-18-6-4-5-17(23)15(18)3/h4-11H,12H2,1-3H3,(H,25,29). The third-order valence-corrected chi connectivity index (χ3v) is 5.12. The Labute approximate surface area is 183 Å². The highest BCUT2D eigenvalue weighted by atomic mass is 35.5. The lowest BCUT2D eigenvalue weighted by molar-refractivity contribution is -0.117. The Morgan fingerprint density at radius 1 is 1.16 bits per heavy atom. The fourth-order valence-corrected chi connectivity index (χ4v) is 3.45. The van der Waals surface area contributed by atoms with Gasteiger partial charge in [-0.2, -0.15) is 0 Å². The molecule has 4 rings (SSSR count). The van der Waals surface area contributed by atoms with Crippen LogP contribution < -0.4 is 15.7 Å². The number of halogens is 1. The lowest BCUT2D eigenvalue weighted by atomic mass is 10.1. The molecule has 0 spiro atoms. The molecular weight excluding hydrogens is 418 g/mol. The molecule has 1 N–H and O–H groups in total. The first-order chi connectivity index (χ1) is 14.8. The molecule has 0 fully saturated rings. The molecule has 8 nitrogen and oxygen atoms in total. The maximum absolute atomic E-state index is 12.7. The van der Waals surface area contributed by atoms with Gasteiger partial charge in [0.25, 0.3) is 5.88 Å². The number of aryl methyl sites for hydroxylation is 2. The fourth-order valence-electron chi connectivity index (χ4n) is 3.27. The number of nitrogens with one attached hydrogen (secondary N) is 1. The van der Waals surface area contributed by atoms with Crippen LogP contribution in [0.25, 0.3) is 5.65 Å². The topological polar surface area (TPSA) is 90.5 Å². The van der Waals surface area contributed by atoms with Gasteiger partial charge in [0.2, 0.25) is 11.6 Å². The summed E-state index contributed by atoms with van der Waals surface area (Å²) in [5, 5.41) is 7.57. The van der Waals surface area contributed by atoms with Gasteiger partial charge in [0.05, 0.1) is 0 Å². The molecule has 0 bridgehead atoms. The zero-order valence-corrected chi connectivity index (χ0v) is 18.0. The van der Waals surface area contributed by atoms with Crippen LogP contribution in [0.1, 0.15) is 16.7 Å². The summed E-state index contributed by atoms with van der Waals surface area (Å²) in [7, 11) is 0. The molecule has 0 atom stereocenters. The summed E-state index contributed by atoms with van der Waals surface area (Å²) in [6.07, 6.45) is 2.93. The quantitative estimate of drug-likeness (QED) is 0.511. The van der Waals surface area contributed by atoms with Crippen LogP contribution in [0.5, 0.6) is 11.6 Å². The lowest BCUT2D eigenvalue weighted by Crippen LogP contribution is -2.28. The number of hydrogen-bond acceptors (Lipinski definition) is 5. The van der Waals surface area contributed by atoms with E-state index in [2.05, 4.69) is 15.4 Å². The van der Waals surface area contributed by atoms with Crippen molar-refractivity contribution in [2.45, 2.75) is 27.3 Å². The maximum Gasteiger partial charge on any atom is 0.351 e. The van der Waals surface area contributed by atoms with Crippen molar-refractivity contribution >= 4 is 28.8 Å². The van der Waals surface area contributed by atoms with Crippen LogP contribution in [0.3, 0.4) is 0 Å². The van der Waals surface area contributed by atoms with Gasteiger partial charge in [-0.15, -0.1) is 5.10 Å². The highest BCUT2D eigenvalue weighted by molar-refractivity contribution is 6.31. The van der Waals surface area contributed by atoms with Crippen molar-refractivity contribution in [2.24, 2.45) is 0 Å². The summed E-state index contributed by atoms with van der Waals surface area (Å²) in [5.74, 6) is 0.365. The fraction of sp³-hybridized carbons (Fsp3) is 0.182. The maximum atomic E-state index is 12.7. The smallest absolute Gasteiger partial charge is 0.351 e. The average Bonchev–Trinajstić information content (AvgIpc) is 3.01. The van der Waals surface area contributed by atoms with Crippen molar-refractivity contribution in [3.05, 3.63) is 81.0 Å². The average molecular weight is 438 g/mol. The number of fused-ring (bicyclic) bond motifs is 1. The molecular formula is C22H20ClN5O3. The van der Waals surface area contributed by atoms with Gasteiger partial charge < -0.3 is 10.1 Å². The molecule has 31 heavy (non-hydrogen) atoms. The third-order valence-electron chi connectivity index (χ3n) is 4.71. The van der Waals surface area contributed by atoms with Crippen molar-refractivity contribution in [3.8, 4) is 11.6 Å². The highest BCUT2D eigenvalue weighted by Gasteiger charge is 2.16. The summed E-state index contributed by atoms with van der Waals surface area (Å²) < 4.78 is 8.25. The van der Waals surface area contributed by atoms with E-state index in [0.29, 0.717) is 16.5 Å². The van der Waals surface area contributed by atoms with Crippen LogP contribution >= 0.6 is 11.6 Å². The van der Waals surface area contributed by atoms with E-state index in [1.54, 1.807) is 25.1 Å². The van der Waals surface area contributed by atoms with Crippen LogP contribution in [-0.2, 0) is 11.3 Å². The molecule has 0 unspecified atom stereocenters. The van der Waals surface area contributed by atoms with Crippen molar-refractivity contribution in [1.29, 1.82) is 0 Å². The second-order valence-corrected chi connectivity index (χ2v) is 7.66. The van der Waals surface area contributed by atoms with E-state index in [-0.39, 0.29) is 18.1 Å². The van der Waals surface area contributed by atoms with Gasteiger partial charge >= 0.3 is 5.69 Å². The molecule has 2 heterocycles. The Bertz CT molecular complexity index is 1340. The Balaban J connectivity index is 1.62. The lowest BCUT2D eigenvalue weighted by Gasteiger charge is -2.09. The van der Waals surface area contributed by atoms with E-state index < -0.39 is 11.6 Å². The van der Waals surface area contributed by atoms with E-state index >= 15 is 0 Å². The zero-order valence-electron chi connectivity index (χ0n) is 17.2. The van der Waals surface area contributed by atoms with Crippen molar-refractivity contribution < 1.29 is 9.53 Å². The molecule has 0 saturated heterocycles. The van der Waals surface area contributed by atoms with E-state index in [1.165, 1.54) is 16.8 Å². The van der Waals surface area contributed by atoms with Crippen LogP contribution in [0, 0.1) is 20.8 Å². The van der Waals surface area contributed by atoms with Crippen LogP contribution in [0.2, 0.25) is 5.02 Å². The predicted octanol–water partition coefficient (Wildman–Crippen LogP) is 3.90. The van der Waals surface area contributed by atoms with E-state index in [9.17, 15) is 9.59 Å². The van der Waals surface area contributed by atoms with E-state index in [4.69, 9.17) is 16.3 Å². The normalized spacial score (nSPS) is 11.0. The number of carbonyl (C=O) groups excluding carboxylic acids is 1. The van der Waals surface area contributed by atoms with Crippen molar-refractivity contribution in [2.75, 3.05) is 5.32 Å². The van der Waals surface area contributed by atoms with Crippen molar-refractivity contribution in [1.82, 2.24) is 19.2 Å². The molecule has 9 heteroatoms. The third kappa shape index (κ3) is 4.29. The number of hydrogen-bond donors (Lipinski definition) is 1. The number of nitrogens with zero attached hydrogens (tertiary/aromatic N) is 4. The number of anilines is 1. The molecule has 2 aromatic carbocycles. The van der Waals surface area contributed by atoms with Gasteiger partial charge in [-0.3, -0.25) is 4.79 Å². The molecule has 158 valence electrons. The monoisotopic (exact) mass is 437 g/mol. The largest absolute Gasteiger partial charge is 0.436 e. The van der Waals surface area contributed by atoms with E-state index in [0.717, 1.165) is 21.4 Å². The Kier molecular flexibility index (Phi) is 5.48. The number of aromatic nitrogens is 4. The summed E-state index contributed by atoms with van der Waals surface area (Å²) in [4.78, 5) is 29.5.